The Balaban J connectivity index is 1.33. The monoisotopic (exact) mass is 704 g/mol. The number of unbranched alkanes of at least 4 members (excludes halogenated alkanes) is 6. The highest BCUT2D eigenvalue weighted by Gasteiger charge is 2.33. The van der Waals surface area contributed by atoms with E-state index < -0.39 is 12.5 Å². The predicted octanol–water partition coefficient (Wildman–Crippen LogP) is 10.3. The Bertz CT molecular complexity index is 1790. The van der Waals surface area contributed by atoms with Crippen LogP contribution >= 0.6 is 24.0 Å². The second kappa shape index (κ2) is 18.3. The topological polar surface area (TPSA) is 76.4 Å². The standard InChI is InChI=1S/C41H44N4O3S2/c1-3-4-5-6-7-8-12-27-44(34-13-10-9-11-14-34)42-29-33-19-25-37(26-20-33)45(35-21-15-31(2)16-22-35)36-23-17-32(18-24-36)28-38-40(48)43(30-39(46)47)41(49)50-38/h9-11,13-26,28-29H,3-8,12,27,30H2,1-2H3,(H,46,47)/b38-28+,42-29+. The number of benzene rings is 4. The van der Waals surface area contributed by atoms with Crippen molar-refractivity contribution in [2.45, 2.75) is 58.8 Å². The summed E-state index contributed by atoms with van der Waals surface area (Å²) in [6.45, 7) is 4.76. The van der Waals surface area contributed by atoms with Crippen LogP contribution in [0, 0.1) is 6.92 Å². The molecule has 4 aromatic carbocycles. The molecule has 4 aromatic rings. The molecule has 1 aliphatic heterocycles. The Morgan fingerprint density at radius 3 is 1.94 bits per heavy atom. The van der Waals surface area contributed by atoms with E-state index in [1.54, 1.807) is 6.08 Å². The van der Waals surface area contributed by atoms with Crippen molar-refractivity contribution in [3.63, 3.8) is 0 Å². The number of rotatable bonds is 17. The Morgan fingerprint density at radius 2 is 1.34 bits per heavy atom. The number of para-hydroxylation sites is 1. The van der Waals surface area contributed by atoms with Crippen LogP contribution in [0.2, 0.25) is 0 Å². The summed E-state index contributed by atoms with van der Waals surface area (Å²) < 4.78 is 0.250. The zero-order chi connectivity index (χ0) is 35.3. The molecule has 7 nitrogen and oxygen atoms in total. The highest BCUT2D eigenvalue weighted by atomic mass is 32.2. The van der Waals surface area contributed by atoms with Gasteiger partial charge in [-0.25, -0.2) is 0 Å². The van der Waals surface area contributed by atoms with Crippen molar-refractivity contribution in [2.75, 3.05) is 23.0 Å². The van der Waals surface area contributed by atoms with Gasteiger partial charge in [-0.05, 0) is 79.1 Å². The second-order valence-corrected chi connectivity index (χ2v) is 14.0. The van der Waals surface area contributed by atoms with Gasteiger partial charge in [-0.3, -0.25) is 19.5 Å². The lowest BCUT2D eigenvalue weighted by molar-refractivity contribution is -0.140. The molecule has 0 bridgehead atoms. The van der Waals surface area contributed by atoms with Gasteiger partial charge < -0.3 is 10.0 Å². The maximum absolute atomic E-state index is 12.8. The minimum atomic E-state index is -1.10. The van der Waals surface area contributed by atoms with Gasteiger partial charge >= 0.3 is 5.97 Å². The minimum absolute atomic E-state index is 0.250. The fourth-order valence-corrected chi connectivity index (χ4v) is 6.96. The van der Waals surface area contributed by atoms with E-state index in [1.165, 1.54) is 44.1 Å². The number of carboxylic acids is 1. The van der Waals surface area contributed by atoms with Gasteiger partial charge in [-0.15, -0.1) is 0 Å². The first-order chi connectivity index (χ1) is 24.3. The number of hydrazone groups is 1. The van der Waals surface area contributed by atoms with Crippen molar-refractivity contribution in [3.05, 3.63) is 125 Å². The molecule has 0 atom stereocenters. The Kier molecular flexibility index (Phi) is 13.4. The molecule has 1 amide bonds. The molecule has 0 spiro atoms. The molecule has 1 fully saturated rings. The smallest absolute Gasteiger partial charge is 0.323 e. The van der Waals surface area contributed by atoms with E-state index in [-0.39, 0.29) is 10.2 Å². The molecule has 9 heteroatoms. The van der Waals surface area contributed by atoms with Crippen molar-refractivity contribution >= 4 is 75.2 Å². The maximum Gasteiger partial charge on any atom is 0.323 e. The molecule has 0 unspecified atom stereocenters. The SMILES string of the molecule is CCCCCCCCCN(/N=C/c1ccc(N(c2ccc(C)cc2)c2ccc(/C=C3/SC(=S)N(CC(=O)O)C3=O)cc2)cc1)c1ccccc1. The maximum atomic E-state index is 12.8. The average molecular weight is 705 g/mol. The lowest BCUT2D eigenvalue weighted by Crippen LogP contribution is -2.33. The van der Waals surface area contributed by atoms with Gasteiger partial charge in [0.15, 0.2) is 0 Å². The Hall–Kier alpha value is -4.73. The van der Waals surface area contributed by atoms with E-state index in [0.717, 1.165) is 63.5 Å². The quantitative estimate of drug-likeness (QED) is 0.0385. The number of thiocarbonyl (C=S) groups is 1. The van der Waals surface area contributed by atoms with Crippen molar-refractivity contribution in [3.8, 4) is 0 Å². The number of hydrogen-bond donors (Lipinski definition) is 1. The Labute approximate surface area is 305 Å². The number of anilines is 4. The molecular formula is C41H44N4O3S2. The van der Waals surface area contributed by atoms with Crippen LogP contribution in [-0.4, -0.2) is 45.5 Å². The third kappa shape index (κ3) is 10.2. The first-order valence-corrected chi connectivity index (χ1v) is 18.5. The van der Waals surface area contributed by atoms with Crippen LogP contribution in [0.4, 0.5) is 22.7 Å². The average Bonchev–Trinajstić information content (AvgIpc) is 3.38. The molecule has 0 aliphatic carbocycles. The fraction of sp³-hybridized carbons (Fsp3) is 0.268. The van der Waals surface area contributed by atoms with Gasteiger partial charge in [0, 0.05) is 23.6 Å². The van der Waals surface area contributed by atoms with Crippen molar-refractivity contribution < 1.29 is 14.7 Å². The van der Waals surface area contributed by atoms with E-state index in [2.05, 4.69) is 96.6 Å². The summed E-state index contributed by atoms with van der Waals surface area (Å²) >= 11 is 6.36. The van der Waals surface area contributed by atoms with Gasteiger partial charge in [0.25, 0.3) is 5.91 Å². The van der Waals surface area contributed by atoms with Crippen LogP contribution in [0.3, 0.4) is 0 Å². The van der Waals surface area contributed by atoms with Crippen molar-refractivity contribution in [2.24, 2.45) is 5.10 Å². The summed E-state index contributed by atoms with van der Waals surface area (Å²) in [4.78, 5) is 27.7. The molecule has 258 valence electrons. The van der Waals surface area contributed by atoms with Crippen LogP contribution in [0.15, 0.2) is 113 Å². The molecule has 1 N–H and O–H groups in total. The highest BCUT2D eigenvalue weighted by molar-refractivity contribution is 8.26. The van der Waals surface area contributed by atoms with E-state index in [9.17, 15) is 9.59 Å². The molecule has 1 heterocycles. The summed E-state index contributed by atoms with van der Waals surface area (Å²) in [6.07, 6.45) is 12.5. The first kappa shape index (κ1) is 36.5. The number of nitrogens with zero attached hydrogens (tertiary/aromatic N) is 4. The molecule has 0 saturated carbocycles. The third-order valence-electron chi connectivity index (χ3n) is 8.43. The molecular weight excluding hydrogens is 661 g/mol. The summed E-state index contributed by atoms with van der Waals surface area (Å²) in [7, 11) is 0. The molecule has 1 aliphatic rings. The van der Waals surface area contributed by atoms with Crippen molar-refractivity contribution in [1.29, 1.82) is 0 Å². The van der Waals surface area contributed by atoms with E-state index in [4.69, 9.17) is 22.4 Å². The van der Waals surface area contributed by atoms with Crippen LogP contribution < -0.4 is 9.91 Å². The van der Waals surface area contributed by atoms with Gasteiger partial charge in [0.2, 0.25) is 0 Å². The molecule has 0 radical (unpaired) electrons. The van der Waals surface area contributed by atoms with Gasteiger partial charge in [0.05, 0.1) is 16.8 Å². The number of carboxylic acid groups (broad SMARTS) is 1. The molecule has 5 rings (SSSR count). The van der Waals surface area contributed by atoms with Gasteiger partial charge in [-0.1, -0.05) is 130 Å². The van der Waals surface area contributed by atoms with Crippen LogP contribution in [0.5, 0.6) is 0 Å². The third-order valence-corrected chi connectivity index (χ3v) is 9.81. The van der Waals surface area contributed by atoms with Crippen LogP contribution in [0.1, 0.15) is 68.6 Å². The number of carbonyl (C=O) groups excluding carboxylic acids is 1. The van der Waals surface area contributed by atoms with E-state index in [1.807, 2.05) is 36.5 Å². The highest BCUT2D eigenvalue weighted by Crippen LogP contribution is 2.36. The lowest BCUT2D eigenvalue weighted by Gasteiger charge is -2.26. The molecule has 0 aromatic heterocycles. The van der Waals surface area contributed by atoms with Crippen LogP contribution in [-0.2, 0) is 9.59 Å². The zero-order valence-corrected chi connectivity index (χ0v) is 30.3. The lowest BCUT2D eigenvalue weighted by atomic mass is 10.1. The van der Waals surface area contributed by atoms with E-state index in [0.29, 0.717) is 4.91 Å². The number of hydrogen-bond acceptors (Lipinski definition) is 7. The summed E-state index contributed by atoms with van der Waals surface area (Å²) in [5.74, 6) is -1.49. The number of thioether (sulfide) groups is 1. The Morgan fingerprint density at radius 1 is 0.780 bits per heavy atom. The first-order valence-electron chi connectivity index (χ1n) is 17.2. The number of aryl methyl sites for hydroxylation is 1. The summed E-state index contributed by atoms with van der Waals surface area (Å²) in [5.41, 5.74) is 7.06. The largest absolute Gasteiger partial charge is 0.480 e. The summed E-state index contributed by atoms with van der Waals surface area (Å²) in [6, 6.07) is 35.1. The fourth-order valence-electron chi connectivity index (χ4n) is 5.70. The molecule has 1 saturated heterocycles. The van der Waals surface area contributed by atoms with Crippen LogP contribution in [0.25, 0.3) is 6.08 Å². The number of amides is 1. The normalized spacial score (nSPS) is 13.8. The zero-order valence-electron chi connectivity index (χ0n) is 28.7. The summed E-state index contributed by atoms with van der Waals surface area (Å²) in [5, 5.41) is 16.2. The molecule has 50 heavy (non-hydrogen) atoms. The van der Waals surface area contributed by atoms with E-state index >= 15 is 0 Å². The number of aliphatic carboxylic acids is 1. The van der Waals surface area contributed by atoms with Gasteiger partial charge in [0.1, 0.15) is 10.9 Å². The predicted molar refractivity (Wildman–Crippen MR) is 213 cm³/mol. The minimum Gasteiger partial charge on any atom is -0.480 e. The number of carbonyl (C=O) groups is 2. The van der Waals surface area contributed by atoms with Crippen molar-refractivity contribution in [1.82, 2.24) is 4.90 Å². The second-order valence-electron chi connectivity index (χ2n) is 12.3. The van der Waals surface area contributed by atoms with Gasteiger partial charge in [-0.2, -0.15) is 5.10 Å².